The van der Waals surface area contributed by atoms with Crippen LogP contribution in [0.1, 0.15) is 9.67 Å². The Hall–Kier alpha value is -1.68. The summed E-state index contributed by atoms with van der Waals surface area (Å²) in [6.45, 7) is 0. The molecule has 70 valence electrons. The van der Waals surface area contributed by atoms with Crippen molar-refractivity contribution in [3.05, 3.63) is 41.4 Å². The van der Waals surface area contributed by atoms with E-state index in [1.165, 1.54) is 11.3 Å². The second-order valence-electron chi connectivity index (χ2n) is 2.68. The zero-order valence-corrected chi connectivity index (χ0v) is 8.12. The Kier molecular flexibility index (Phi) is 2.55. The Morgan fingerprint density at radius 1 is 1.29 bits per heavy atom. The molecular weight excluding hydrogens is 196 g/mol. The van der Waals surface area contributed by atoms with E-state index in [4.69, 9.17) is 0 Å². The maximum atomic E-state index is 10.4. The van der Waals surface area contributed by atoms with Gasteiger partial charge in [0.15, 0.2) is 11.4 Å². The van der Waals surface area contributed by atoms with E-state index < -0.39 is 0 Å². The molecule has 2 rings (SSSR count). The number of carbonyl (C=O) groups is 1. The van der Waals surface area contributed by atoms with Gasteiger partial charge in [-0.3, -0.25) is 4.79 Å². The van der Waals surface area contributed by atoms with E-state index in [2.05, 4.69) is 10.3 Å². The number of anilines is 2. The number of hydrogen-bond acceptors (Lipinski definition) is 4. The Morgan fingerprint density at radius 2 is 2.07 bits per heavy atom. The molecule has 0 bridgehead atoms. The molecule has 0 radical (unpaired) electrons. The van der Waals surface area contributed by atoms with Gasteiger partial charge in [0.1, 0.15) is 0 Å². The van der Waals surface area contributed by atoms with E-state index in [-0.39, 0.29) is 0 Å². The molecule has 0 atom stereocenters. The van der Waals surface area contributed by atoms with E-state index >= 15 is 0 Å². The van der Waals surface area contributed by atoms with Crippen molar-refractivity contribution in [3.63, 3.8) is 0 Å². The number of para-hydroxylation sites is 1. The molecule has 0 saturated heterocycles. The highest BCUT2D eigenvalue weighted by Gasteiger charge is 1.99. The number of aldehydes is 1. The maximum absolute atomic E-state index is 10.4. The summed E-state index contributed by atoms with van der Waals surface area (Å²) < 4.78 is 0. The lowest BCUT2D eigenvalue weighted by Crippen LogP contribution is -1.87. The normalized spacial score (nSPS) is 9.71. The van der Waals surface area contributed by atoms with E-state index in [1.807, 2.05) is 30.3 Å². The summed E-state index contributed by atoms with van der Waals surface area (Å²) in [5, 5.41) is 3.84. The average Bonchev–Trinajstić information content (AvgIpc) is 2.67. The highest BCUT2D eigenvalue weighted by atomic mass is 32.1. The first-order valence-electron chi connectivity index (χ1n) is 4.11. The zero-order chi connectivity index (χ0) is 9.80. The maximum Gasteiger partial charge on any atom is 0.187 e. The van der Waals surface area contributed by atoms with Crippen LogP contribution in [0.5, 0.6) is 0 Å². The van der Waals surface area contributed by atoms with Gasteiger partial charge >= 0.3 is 0 Å². The van der Waals surface area contributed by atoms with E-state index in [9.17, 15) is 4.79 Å². The van der Waals surface area contributed by atoms with Gasteiger partial charge in [-0.2, -0.15) is 0 Å². The predicted octanol–water partition coefficient (Wildman–Crippen LogP) is 2.70. The fourth-order valence-electron chi connectivity index (χ4n) is 1.04. The molecule has 1 aromatic heterocycles. The van der Waals surface area contributed by atoms with Crippen LogP contribution in [0.2, 0.25) is 0 Å². The first-order valence-corrected chi connectivity index (χ1v) is 4.93. The molecule has 14 heavy (non-hydrogen) atoms. The number of benzene rings is 1. The van der Waals surface area contributed by atoms with Gasteiger partial charge in [0, 0.05) is 5.69 Å². The molecular formula is C10H8N2OS. The van der Waals surface area contributed by atoms with Gasteiger partial charge in [-0.25, -0.2) is 4.98 Å². The molecule has 2 aromatic rings. The molecule has 0 saturated carbocycles. The zero-order valence-electron chi connectivity index (χ0n) is 7.31. The van der Waals surface area contributed by atoms with Crippen LogP contribution in [0.25, 0.3) is 0 Å². The minimum absolute atomic E-state index is 0.628. The summed E-state index contributed by atoms with van der Waals surface area (Å²) in [7, 11) is 0. The van der Waals surface area contributed by atoms with Gasteiger partial charge < -0.3 is 5.32 Å². The SMILES string of the molecule is O=Cc1cnc(Nc2ccccc2)s1. The molecule has 0 aliphatic carbocycles. The summed E-state index contributed by atoms with van der Waals surface area (Å²) in [6, 6.07) is 9.72. The van der Waals surface area contributed by atoms with Crippen LogP contribution in [0.4, 0.5) is 10.8 Å². The summed E-state index contributed by atoms with van der Waals surface area (Å²) in [4.78, 5) is 15.1. The number of nitrogens with zero attached hydrogens (tertiary/aromatic N) is 1. The molecule has 0 aliphatic rings. The van der Waals surface area contributed by atoms with Gasteiger partial charge in [0.2, 0.25) is 0 Å². The van der Waals surface area contributed by atoms with Gasteiger partial charge in [-0.1, -0.05) is 29.5 Å². The van der Waals surface area contributed by atoms with Crippen LogP contribution in [0.15, 0.2) is 36.5 Å². The molecule has 0 amide bonds. The number of hydrogen-bond donors (Lipinski definition) is 1. The van der Waals surface area contributed by atoms with Gasteiger partial charge in [0.25, 0.3) is 0 Å². The first-order chi connectivity index (χ1) is 6.88. The topological polar surface area (TPSA) is 42.0 Å². The molecule has 1 heterocycles. The fraction of sp³-hybridized carbons (Fsp3) is 0. The second-order valence-corrected chi connectivity index (χ2v) is 3.74. The lowest BCUT2D eigenvalue weighted by Gasteiger charge is -1.99. The average molecular weight is 204 g/mol. The molecule has 1 aromatic carbocycles. The van der Waals surface area contributed by atoms with Crippen molar-refractivity contribution in [3.8, 4) is 0 Å². The minimum atomic E-state index is 0.628. The quantitative estimate of drug-likeness (QED) is 0.781. The highest BCUT2D eigenvalue weighted by Crippen LogP contribution is 2.20. The third kappa shape index (κ3) is 1.97. The van der Waals surface area contributed by atoms with Crippen molar-refractivity contribution in [2.75, 3.05) is 5.32 Å². The highest BCUT2D eigenvalue weighted by molar-refractivity contribution is 7.17. The summed E-state index contributed by atoms with van der Waals surface area (Å²) in [6.07, 6.45) is 2.36. The van der Waals surface area contributed by atoms with Crippen LogP contribution in [-0.2, 0) is 0 Å². The second kappa shape index (κ2) is 4.02. The molecule has 3 nitrogen and oxygen atoms in total. The van der Waals surface area contributed by atoms with Crippen LogP contribution in [-0.4, -0.2) is 11.3 Å². The Morgan fingerprint density at radius 3 is 2.71 bits per heavy atom. The standard InChI is InChI=1S/C10H8N2OS/c13-7-9-6-11-10(14-9)12-8-4-2-1-3-5-8/h1-7H,(H,11,12). The predicted molar refractivity (Wildman–Crippen MR) is 57.2 cm³/mol. The van der Waals surface area contributed by atoms with Crippen molar-refractivity contribution in [2.45, 2.75) is 0 Å². The van der Waals surface area contributed by atoms with E-state index in [1.54, 1.807) is 6.20 Å². The first kappa shape index (κ1) is 8.90. The third-order valence-electron chi connectivity index (χ3n) is 1.66. The van der Waals surface area contributed by atoms with Gasteiger partial charge in [-0.05, 0) is 12.1 Å². The molecule has 0 unspecified atom stereocenters. The Balaban J connectivity index is 2.15. The largest absolute Gasteiger partial charge is 0.332 e. The lowest BCUT2D eigenvalue weighted by atomic mass is 10.3. The van der Waals surface area contributed by atoms with Crippen LogP contribution >= 0.6 is 11.3 Å². The summed E-state index contributed by atoms with van der Waals surface area (Å²) in [5.74, 6) is 0. The monoisotopic (exact) mass is 204 g/mol. The van der Waals surface area contributed by atoms with Crippen molar-refractivity contribution in [2.24, 2.45) is 0 Å². The van der Waals surface area contributed by atoms with Crippen molar-refractivity contribution in [1.82, 2.24) is 4.98 Å². The van der Waals surface area contributed by atoms with Gasteiger partial charge in [0.05, 0.1) is 11.1 Å². The van der Waals surface area contributed by atoms with Crippen molar-refractivity contribution >= 4 is 28.4 Å². The summed E-state index contributed by atoms with van der Waals surface area (Å²) >= 11 is 1.34. The van der Waals surface area contributed by atoms with Crippen LogP contribution in [0.3, 0.4) is 0 Å². The number of thiazole rings is 1. The number of nitrogens with one attached hydrogen (secondary N) is 1. The third-order valence-corrected chi connectivity index (χ3v) is 2.50. The fourth-order valence-corrected chi connectivity index (χ4v) is 1.69. The van der Waals surface area contributed by atoms with Crippen LogP contribution < -0.4 is 5.32 Å². The smallest absolute Gasteiger partial charge is 0.187 e. The summed E-state index contributed by atoms with van der Waals surface area (Å²) in [5.41, 5.74) is 0.972. The molecule has 0 fully saturated rings. The van der Waals surface area contributed by atoms with E-state index in [0.29, 0.717) is 4.88 Å². The van der Waals surface area contributed by atoms with Gasteiger partial charge in [-0.15, -0.1) is 0 Å². The molecule has 4 heteroatoms. The van der Waals surface area contributed by atoms with Crippen molar-refractivity contribution in [1.29, 1.82) is 0 Å². The number of carbonyl (C=O) groups excluding carboxylic acids is 1. The molecule has 1 N–H and O–H groups in total. The minimum Gasteiger partial charge on any atom is -0.332 e. The lowest BCUT2D eigenvalue weighted by molar-refractivity contribution is 0.112. The van der Waals surface area contributed by atoms with E-state index in [0.717, 1.165) is 17.1 Å². The van der Waals surface area contributed by atoms with Crippen LogP contribution in [0, 0.1) is 0 Å². The number of aromatic nitrogens is 1. The Labute approximate surface area is 85.4 Å². The van der Waals surface area contributed by atoms with Crippen molar-refractivity contribution < 1.29 is 4.79 Å². The molecule has 0 aliphatic heterocycles. The Bertz CT molecular complexity index is 425. The number of rotatable bonds is 3. The molecule has 0 spiro atoms.